The molecule has 3 nitrogen and oxygen atoms in total. The van der Waals surface area contributed by atoms with Crippen molar-refractivity contribution in [3.8, 4) is 11.3 Å². The van der Waals surface area contributed by atoms with E-state index in [4.69, 9.17) is 0 Å². The Morgan fingerprint density at radius 2 is 1.80 bits per heavy atom. The van der Waals surface area contributed by atoms with Crippen LogP contribution in [0.3, 0.4) is 0 Å². The molecule has 1 heterocycles. The maximum atomic E-state index is 14.0. The third-order valence-corrected chi connectivity index (χ3v) is 3.37. The number of benzene rings is 1. The van der Waals surface area contributed by atoms with Gasteiger partial charge < -0.3 is 5.32 Å². The average molecular weight is 273 g/mol. The second kappa shape index (κ2) is 5.99. The van der Waals surface area contributed by atoms with Gasteiger partial charge in [0.15, 0.2) is 5.82 Å². The van der Waals surface area contributed by atoms with Gasteiger partial charge in [-0.15, -0.1) is 0 Å². The third kappa shape index (κ3) is 2.95. The Morgan fingerprint density at radius 3 is 2.50 bits per heavy atom. The van der Waals surface area contributed by atoms with Crippen LogP contribution in [-0.2, 0) is 0 Å². The quantitative estimate of drug-likeness (QED) is 0.914. The number of aryl methyl sites for hydroxylation is 3. The molecule has 0 aliphatic heterocycles. The highest BCUT2D eigenvalue weighted by molar-refractivity contribution is 5.66. The largest absolute Gasteiger partial charge is 0.354 e. The van der Waals surface area contributed by atoms with Crippen LogP contribution < -0.4 is 5.32 Å². The van der Waals surface area contributed by atoms with Gasteiger partial charge in [0.25, 0.3) is 0 Å². The number of anilines is 1. The summed E-state index contributed by atoms with van der Waals surface area (Å²) in [6, 6.07) is 4.05. The lowest BCUT2D eigenvalue weighted by atomic mass is 9.98. The van der Waals surface area contributed by atoms with E-state index in [2.05, 4.69) is 35.2 Å². The van der Waals surface area contributed by atoms with Gasteiger partial charge in [-0.25, -0.2) is 14.4 Å². The summed E-state index contributed by atoms with van der Waals surface area (Å²) in [6.07, 6.45) is 2.20. The van der Waals surface area contributed by atoms with E-state index in [1.807, 2.05) is 19.9 Å². The molecule has 0 amide bonds. The Hall–Kier alpha value is -1.97. The second-order valence-corrected chi connectivity index (χ2v) is 5.07. The SMILES string of the molecule is CCCNc1ncc(F)c(-c2cc(C)c(C)cc2C)n1. The second-order valence-electron chi connectivity index (χ2n) is 5.07. The summed E-state index contributed by atoms with van der Waals surface area (Å²) >= 11 is 0. The van der Waals surface area contributed by atoms with Crippen LogP contribution in [0.4, 0.5) is 10.3 Å². The summed E-state index contributed by atoms with van der Waals surface area (Å²) < 4.78 is 14.0. The minimum Gasteiger partial charge on any atom is -0.354 e. The smallest absolute Gasteiger partial charge is 0.223 e. The van der Waals surface area contributed by atoms with Crippen LogP contribution in [0.5, 0.6) is 0 Å². The molecule has 4 heteroatoms. The predicted octanol–water partition coefficient (Wildman–Crippen LogP) is 4.03. The van der Waals surface area contributed by atoms with E-state index in [-0.39, 0.29) is 0 Å². The van der Waals surface area contributed by atoms with E-state index in [0.29, 0.717) is 11.6 Å². The summed E-state index contributed by atoms with van der Waals surface area (Å²) in [5, 5.41) is 3.09. The minimum atomic E-state index is -0.390. The first-order chi connectivity index (χ1) is 9.52. The van der Waals surface area contributed by atoms with Gasteiger partial charge in [-0.1, -0.05) is 13.0 Å². The van der Waals surface area contributed by atoms with Gasteiger partial charge in [-0.05, 0) is 49.9 Å². The molecule has 1 aromatic carbocycles. The maximum absolute atomic E-state index is 14.0. The molecule has 0 aliphatic rings. The first kappa shape index (κ1) is 14.4. The van der Waals surface area contributed by atoms with Crippen molar-refractivity contribution in [3.05, 3.63) is 40.8 Å². The lowest BCUT2D eigenvalue weighted by Crippen LogP contribution is -2.06. The minimum absolute atomic E-state index is 0.360. The van der Waals surface area contributed by atoms with Crippen molar-refractivity contribution < 1.29 is 4.39 Å². The van der Waals surface area contributed by atoms with Gasteiger partial charge in [-0.2, -0.15) is 0 Å². The standard InChI is InChI=1S/C16H20FN3/c1-5-6-18-16-19-9-14(17)15(20-16)13-8-11(3)10(2)7-12(13)4/h7-9H,5-6H2,1-4H3,(H,18,19,20). The Bertz CT molecular complexity index is 623. The fraction of sp³-hybridized carbons (Fsp3) is 0.375. The molecule has 106 valence electrons. The van der Waals surface area contributed by atoms with E-state index < -0.39 is 5.82 Å². The summed E-state index contributed by atoms with van der Waals surface area (Å²) in [4.78, 5) is 8.29. The number of aromatic nitrogens is 2. The van der Waals surface area contributed by atoms with Crippen LogP contribution in [0, 0.1) is 26.6 Å². The molecule has 1 N–H and O–H groups in total. The highest BCUT2D eigenvalue weighted by Gasteiger charge is 2.12. The molecule has 0 atom stereocenters. The van der Waals surface area contributed by atoms with Gasteiger partial charge in [0.2, 0.25) is 5.95 Å². The van der Waals surface area contributed by atoms with Crippen LogP contribution in [0.25, 0.3) is 11.3 Å². The van der Waals surface area contributed by atoms with E-state index in [9.17, 15) is 4.39 Å². The summed E-state index contributed by atoms with van der Waals surface area (Å²) in [6.45, 7) is 8.88. The van der Waals surface area contributed by atoms with Crippen LogP contribution in [-0.4, -0.2) is 16.5 Å². The van der Waals surface area contributed by atoms with E-state index >= 15 is 0 Å². The molecule has 0 spiro atoms. The third-order valence-electron chi connectivity index (χ3n) is 3.37. The van der Waals surface area contributed by atoms with E-state index in [1.165, 1.54) is 11.8 Å². The monoisotopic (exact) mass is 273 g/mol. The van der Waals surface area contributed by atoms with Gasteiger partial charge in [0.05, 0.1) is 6.20 Å². The zero-order chi connectivity index (χ0) is 14.7. The van der Waals surface area contributed by atoms with Crippen LogP contribution >= 0.6 is 0 Å². The lowest BCUT2D eigenvalue weighted by molar-refractivity contribution is 0.618. The fourth-order valence-corrected chi connectivity index (χ4v) is 2.09. The van der Waals surface area contributed by atoms with Crippen molar-refractivity contribution in [1.82, 2.24) is 9.97 Å². The molecular formula is C16H20FN3. The molecule has 0 radical (unpaired) electrons. The lowest BCUT2D eigenvalue weighted by Gasteiger charge is -2.11. The van der Waals surface area contributed by atoms with Crippen molar-refractivity contribution in [2.75, 3.05) is 11.9 Å². The van der Waals surface area contributed by atoms with Crippen molar-refractivity contribution >= 4 is 5.95 Å². The normalized spacial score (nSPS) is 10.7. The topological polar surface area (TPSA) is 37.8 Å². The molecule has 0 bridgehead atoms. The van der Waals surface area contributed by atoms with Crippen LogP contribution in [0.2, 0.25) is 0 Å². The zero-order valence-corrected chi connectivity index (χ0v) is 12.4. The van der Waals surface area contributed by atoms with Crippen molar-refractivity contribution in [2.24, 2.45) is 0 Å². The number of halogens is 1. The first-order valence-corrected chi connectivity index (χ1v) is 6.87. The number of nitrogens with zero attached hydrogens (tertiary/aromatic N) is 2. The summed E-state index contributed by atoms with van der Waals surface area (Å²) in [5.41, 5.74) is 4.54. The van der Waals surface area contributed by atoms with Gasteiger partial charge >= 0.3 is 0 Å². The molecule has 20 heavy (non-hydrogen) atoms. The molecular weight excluding hydrogens is 253 g/mol. The Kier molecular flexibility index (Phi) is 4.32. The van der Waals surface area contributed by atoms with Crippen molar-refractivity contribution in [3.63, 3.8) is 0 Å². The molecule has 2 aromatic rings. The Morgan fingerprint density at radius 1 is 1.10 bits per heavy atom. The molecule has 0 saturated heterocycles. The van der Waals surface area contributed by atoms with Crippen molar-refractivity contribution in [2.45, 2.75) is 34.1 Å². The predicted molar refractivity (Wildman–Crippen MR) is 80.4 cm³/mol. The number of hydrogen-bond acceptors (Lipinski definition) is 3. The fourth-order valence-electron chi connectivity index (χ4n) is 2.09. The van der Waals surface area contributed by atoms with E-state index in [1.54, 1.807) is 0 Å². The Balaban J connectivity index is 2.48. The molecule has 0 unspecified atom stereocenters. The summed E-state index contributed by atoms with van der Waals surface area (Å²) in [7, 11) is 0. The van der Waals surface area contributed by atoms with E-state index in [0.717, 1.165) is 29.7 Å². The molecule has 1 aromatic heterocycles. The molecule has 0 saturated carbocycles. The van der Waals surface area contributed by atoms with Gasteiger partial charge in [-0.3, -0.25) is 0 Å². The number of rotatable bonds is 4. The molecule has 2 rings (SSSR count). The summed E-state index contributed by atoms with van der Waals surface area (Å²) in [5.74, 6) is 0.0827. The molecule has 0 aliphatic carbocycles. The average Bonchev–Trinajstić information content (AvgIpc) is 2.42. The highest BCUT2D eigenvalue weighted by atomic mass is 19.1. The maximum Gasteiger partial charge on any atom is 0.223 e. The van der Waals surface area contributed by atoms with Gasteiger partial charge in [0, 0.05) is 12.1 Å². The van der Waals surface area contributed by atoms with Crippen LogP contribution in [0.1, 0.15) is 30.0 Å². The first-order valence-electron chi connectivity index (χ1n) is 6.87. The van der Waals surface area contributed by atoms with Crippen molar-refractivity contribution in [1.29, 1.82) is 0 Å². The highest BCUT2D eigenvalue weighted by Crippen LogP contribution is 2.27. The number of hydrogen-bond donors (Lipinski definition) is 1. The van der Waals surface area contributed by atoms with Crippen LogP contribution in [0.15, 0.2) is 18.3 Å². The number of nitrogens with one attached hydrogen (secondary N) is 1. The molecule has 0 fully saturated rings. The van der Waals surface area contributed by atoms with Gasteiger partial charge in [0.1, 0.15) is 5.69 Å². The zero-order valence-electron chi connectivity index (χ0n) is 12.4. The Labute approximate surface area is 119 Å².